The normalized spacial score (nSPS) is 20.5. The lowest BCUT2D eigenvalue weighted by atomic mass is 10.0. The molecular weight excluding hydrogens is 202 g/mol. The van der Waals surface area contributed by atoms with Gasteiger partial charge in [0.15, 0.2) is 0 Å². The van der Waals surface area contributed by atoms with Gasteiger partial charge in [-0.05, 0) is 18.9 Å². The molecule has 3 heteroatoms. The van der Waals surface area contributed by atoms with Gasteiger partial charge in [-0.1, -0.05) is 29.8 Å². The fourth-order valence-corrected chi connectivity index (χ4v) is 2.26. The van der Waals surface area contributed by atoms with E-state index in [9.17, 15) is 4.79 Å². The Morgan fingerprint density at radius 3 is 2.69 bits per heavy atom. The van der Waals surface area contributed by atoms with Crippen LogP contribution in [0.15, 0.2) is 24.3 Å². The van der Waals surface area contributed by atoms with E-state index in [1.165, 1.54) is 11.1 Å². The lowest BCUT2D eigenvalue weighted by Gasteiger charge is -2.24. The third kappa shape index (κ3) is 2.09. The van der Waals surface area contributed by atoms with Gasteiger partial charge < -0.3 is 10.0 Å². The summed E-state index contributed by atoms with van der Waals surface area (Å²) in [4.78, 5) is 13.4. The van der Waals surface area contributed by atoms with Crippen LogP contribution in [0, 0.1) is 6.92 Å². The molecule has 3 nitrogen and oxygen atoms in total. The van der Waals surface area contributed by atoms with E-state index in [0.29, 0.717) is 13.0 Å². The number of hydrogen-bond acceptors (Lipinski definition) is 2. The van der Waals surface area contributed by atoms with Gasteiger partial charge in [0, 0.05) is 13.0 Å². The molecule has 86 valence electrons. The topological polar surface area (TPSA) is 40.5 Å². The lowest BCUT2D eigenvalue weighted by Crippen LogP contribution is -2.30. The van der Waals surface area contributed by atoms with E-state index in [4.69, 9.17) is 5.11 Å². The van der Waals surface area contributed by atoms with E-state index in [2.05, 4.69) is 31.2 Å². The zero-order valence-corrected chi connectivity index (χ0v) is 9.52. The molecule has 0 spiro atoms. The van der Waals surface area contributed by atoms with E-state index in [1.54, 1.807) is 4.90 Å². The van der Waals surface area contributed by atoms with Crippen LogP contribution in [0.1, 0.15) is 30.0 Å². The Balaban J connectivity index is 2.19. The number of β-amino-alcohol motifs (C(OH)–C–C–N with tert-alkyl or cyclic N) is 1. The summed E-state index contributed by atoms with van der Waals surface area (Å²) in [5.74, 6) is 0.152. The maximum Gasteiger partial charge on any atom is 0.223 e. The zero-order chi connectivity index (χ0) is 11.5. The second-order valence-electron chi connectivity index (χ2n) is 4.28. The van der Waals surface area contributed by atoms with E-state index < -0.39 is 0 Å². The van der Waals surface area contributed by atoms with Crippen molar-refractivity contribution in [3.8, 4) is 0 Å². The number of rotatable bonds is 3. The highest BCUT2D eigenvalue weighted by Crippen LogP contribution is 2.32. The third-order valence-corrected chi connectivity index (χ3v) is 3.13. The molecule has 0 aliphatic carbocycles. The van der Waals surface area contributed by atoms with Gasteiger partial charge in [0.1, 0.15) is 0 Å². The summed E-state index contributed by atoms with van der Waals surface area (Å²) in [6.45, 7) is 2.53. The molecule has 1 heterocycles. The molecule has 1 saturated heterocycles. The molecule has 0 bridgehead atoms. The maximum atomic E-state index is 11.6. The molecular formula is C13H17NO2. The van der Waals surface area contributed by atoms with Crippen LogP contribution in [0.2, 0.25) is 0 Å². The van der Waals surface area contributed by atoms with Crippen molar-refractivity contribution in [2.45, 2.75) is 25.8 Å². The number of likely N-dealkylation sites (tertiary alicyclic amines) is 1. The Kier molecular flexibility index (Phi) is 3.25. The van der Waals surface area contributed by atoms with Gasteiger partial charge in [0.2, 0.25) is 5.91 Å². The van der Waals surface area contributed by atoms with Gasteiger partial charge in [-0.2, -0.15) is 0 Å². The number of aliphatic hydroxyl groups excluding tert-OH is 1. The average molecular weight is 219 g/mol. The van der Waals surface area contributed by atoms with Crippen LogP contribution in [0.4, 0.5) is 0 Å². The monoisotopic (exact) mass is 219 g/mol. The second-order valence-corrected chi connectivity index (χ2v) is 4.28. The van der Waals surface area contributed by atoms with Crippen molar-refractivity contribution in [3.05, 3.63) is 35.4 Å². The molecule has 1 aromatic rings. The van der Waals surface area contributed by atoms with Crippen LogP contribution in [0.5, 0.6) is 0 Å². The number of carbonyl (C=O) groups excluding carboxylic acids is 1. The quantitative estimate of drug-likeness (QED) is 0.839. The second kappa shape index (κ2) is 4.66. The standard InChI is InChI=1S/C13H17NO2/c1-10-2-4-11(5-3-10)12-6-7-13(16)14(12)8-9-15/h2-5,12,15H,6-9H2,1H3. The molecule has 16 heavy (non-hydrogen) atoms. The fraction of sp³-hybridized carbons (Fsp3) is 0.462. The minimum absolute atomic E-state index is 0.0358. The first-order valence-electron chi connectivity index (χ1n) is 5.69. The van der Waals surface area contributed by atoms with Crippen molar-refractivity contribution in [1.82, 2.24) is 4.90 Å². The number of benzene rings is 1. The van der Waals surface area contributed by atoms with Crippen LogP contribution >= 0.6 is 0 Å². The molecule has 0 radical (unpaired) electrons. The van der Waals surface area contributed by atoms with Crippen molar-refractivity contribution in [1.29, 1.82) is 0 Å². The predicted octanol–water partition coefficient (Wildman–Crippen LogP) is 1.65. The number of nitrogens with zero attached hydrogens (tertiary/aromatic N) is 1. The summed E-state index contributed by atoms with van der Waals surface area (Å²) >= 11 is 0. The van der Waals surface area contributed by atoms with Crippen molar-refractivity contribution in [3.63, 3.8) is 0 Å². The average Bonchev–Trinajstić information content (AvgIpc) is 2.63. The summed E-state index contributed by atoms with van der Waals surface area (Å²) in [5, 5.41) is 8.96. The summed E-state index contributed by atoms with van der Waals surface area (Å²) in [6, 6.07) is 8.43. The SMILES string of the molecule is Cc1ccc(C2CCC(=O)N2CCO)cc1. The van der Waals surface area contributed by atoms with Crippen LogP contribution < -0.4 is 0 Å². The fourth-order valence-electron chi connectivity index (χ4n) is 2.26. The van der Waals surface area contributed by atoms with Crippen molar-refractivity contribution in [2.24, 2.45) is 0 Å². The number of aliphatic hydroxyl groups is 1. The highest BCUT2D eigenvalue weighted by molar-refractivity contribution is 5.79. The summed E-state index contributed by atoms with van der Waals surface area (Å²) in [7, 11) is 0. The van der Waals surface area contributed by atoms with Gasteiger partial charge in [-0.15, -0.1) is 0 Å². The van der Waals surface area contributed by atoms with E-state index >= 15 is 0 Å². The minimum Gasteiger partial charge on any atom is -0.395 e. The van der Waals surface area contributed by atoms with Crippen molar-refractivity contribution in [2.75, 3.05) is 13.2 Å². The minimum atomic E-state index is 0.0358. The van der Waals surface area contributed by atoms with Gasteiger partial charge in [-0.3, -0.25) is 4.79 Å². The smallest absolute Gasteiger partial charge is 0.223 e. The highest BCUT2D eigenvalue weighted by Gasteiger charge is 2.31. The summed E-state index contributed by atoms with van der Waals surface area (Å²) in [5.41, 5.74) is 2.40. The van der Waals surface area contributed by atoms with Crippen LogP contribution in [0.25, 0.3) is 0 Å². The zero-order valence-electron chi connectivity index (χ0n) is 9.52. The Bertz CT molecular complexity index is 372. The van der Waals surface area contributed by atoms with E-state index in [-0.39, 0.29) is 18.6 Å². The predicted molar refractivity (Wildman–Crippen MR) is 62.0 cm³/mol. The maximum absolute atomic E-state index is 11.6. The number of amides is 1. The first kappa shape index (κ1) is 11.1. The summed E-state index contributed by atoms with van der Waals surface area (Å²) < 4.78 is 0. The molecule has 0 saturated carbocycles. The molecule has 1 aromatic carbocycles. The number of carbonyl (C=O) groups is 1. The highest BCUT2D eigenvalue weighted by atomic mass is 16.3. The molecule has 1 unspecified atom stereocenters. The molecule has 1 amide bonds. The Morgan fingerprint density at radius 1 is 1.38 bits per heavy atom. The molecule has 0 aromatic heterocycles. The third-order valence-electron chi connectivity index (χ3n) is 3.13. The number of aryl methyl sites for hydroxylation is 1. The Labute approximate surface area is 95.7 Å². The Morgan fingerprint density at radius 2 is 2.06 bits per heavy atom. The molecule has 1 fully saturated rings. The molecule has 1 N–H and O–H groups in total. The summed E-state index contributed by atoms with van der Waals surface area (Å²) in [6.07, 6.45) is 1.46. The first-order valence-corrected chi connectivity index (χ1v) is 5.69. The number of hydrogen-bond donors (Lipinski definition) is 1. The lowest BCUT2D eigenvalue weighted by molar-refractivity contribution is -0.129. The van der Waals surface area contributed by atoms with Gasteiger partial charge in [-0.25, -0.2) is 0 Å². The van der Waals surface area contributed by atoms with Gasteiger partial charge in [0.05, 0.1) is 12.6 Å². The molecule has 1 aliphatic rings. The van der Waals surface area contributed by atoms with Crippen LogP contribution in [-0.2, 0) is 4.79 Å². The van der Waals surface area contributed by atoms with E-state index in [1.807, 2.05) is 0 Å². The molecule has 2 rings (SSSR count). The largest absolute Gasteiger partial charge is 0.395 e. The van der Waals surface area contributed by atoms with Gasteiger partial charge >= 0.3 is 0 Å². The molecule has 1 atom stereocenters. The first-order chi connectivity index (χ1) is 7.72. The molecule has 1 aliphatic heterocycles. The van der Waals surface area contributed by atoms with Crippen LogP contribution in [0.3, 0.4) is 0 Å². The van der Waals surface area contributed by atoms with Crippen molar-refractivity contribution >= 4 is 5.91 Å². The van der Waals surface area contributed by atoms with E-state index in [0.717, 1.165) is 6.42 Å². The van der Waals surface area contributed by atoms with Crippen molar-refractivity contribution < 1.29 is 9.90 Å². The van der Waals surface area contributed by atoms with Gasteiger partial charge in [0.25, 0.3) is 0 Å². The Hall–Kier alpha value is -1.35. The van der Waals surface area contributed by atoms with Crippen LogP contribution in [-0.4, -0.2) is 29.1 Å².